The molecule has 0 aromatic carbocycles. The molecule has 2 saturated heterocycles. The van der Waals surface area contributed by atoms with E-state index in [2.05, 4.69) is 34.3 Å². The molecule has 1 aromatic heterocycles. The number of rotatable bonds is 6. The van der Waals surface area contributed by atoms with Gasteiger partial charge < -0.3 is 15.1 Å². The minimum atomic E-state index is -0.0682. The molecule has 0 bridgehead atoms. The first-order valence-corrected chi connectivity index (χ1v) is 9.19. The zero-order chi connectivity index (χ0) is 16.9. The zero-order valence-corrected chi connectivity index (χ0v) is 14.8. The first-order valence-electron chi connectivity index (χ1n) is 9.19. The second kappa shape index (κ2) is 8.03. The molecule has 0 radical (unpaired) electrons. The van der Waals surface area contributed by atoms with Crippen molar-refractivity contribution in [3.8, 4) is 0 Å². The molecule has 1 aromatic rings. The van der Waals surface area contributed by atoms with E-state index in [4.69, 9.17) is 4.42 Å². The molecule has 6 heteroatoms. The fraction of sp³-hybridized carbons (Fsp3) is 0.722. The molecule has 2 atom stereocenters. The number of carbonyl (C=O) groups excluding carboxylic acids is 1. The molecular weight excluding hydrogens is 304 g/mol. The highest BCUT2D eigenvalue weighted by Crippen LogP contribution is 2.24. The SMILES string of the molecule is CC(C)N1CC[C@@H](NC(=O)NC[C@H](c2ccco2)N2CCCC2)C1. The van der Waals surface area contributed by atoms with E-state index in [0.29, 0.717) is 12.6 Å². The van der Waals surface area contributed by atoms with Gasteiger partial charge in [0.1, 0.15) is 5.76 Å². The standard InChI is InChI=1S/C18H30N4O2/c1-14(2)22-10-7-15(13-22)20-18(23)19-12-16(17-6-5-11-24-17)21-8-3-4-9-21/h5-6,11,14-16H,3-4,7-10,12-13H2,1-2H3,(H2,19,20,23)/t15-,16-/m1/s1. The van der Waals surface area contributed by atoms with Crippen molar-refractivity contribution in [2.75, 3.05) is 32.7 Å². The largest absolute Gasteiger partial charge is 0.468 e. The summed E-state index contributed by atoms with van der Waals surface area (Å²) in [5.74, 6) is 0.934. The van der Waals surface area contributed by atoms with Crippen molar-refractivity contribution in [1.82, 2.24) is 20.4 Å². The van der Waals surface area contributed by atoms with Gasteiger partial charge in [0, 0.05) is 31.7 Å². The van der Waals surface area contributed by atoms with Crippen LogP contribution in [0.4, 0.5) is 4.79 Å². The Balaban J connectivity index is 1.48. The molecule has 2 aliphatic heterocycles. The van der Waals surface area contributed by atoms with Gasteiger partial charge in [-0.2, -0.15) is 0 Å². The lowest BCUT2D eigenvalue weighted by molar-refractivity contribution is 0.201. The Kier molecular flexibility index (Phi) is 5.79. The van der Waals surface area contributed by atoms with E-state index in [1.54, 1.807) is 6.26 Å². The van der Waals surface area contributed by atoms with E-state index >= 15 is 0 Å². The zero-order valence-electron chi connectivity index (χ0n) is 14.8. The summed E-state index contributed by atoms with van der Waals surface area (Å²) in [5.41, 5.74) is 0. The van der Waals surface area contributed by atoms with E-state index in [9.17, 15) is 4.79 Å². The Morgan fingerprint density at radius 2 is 2.08 bits per heavy atom. The van der Waals surface area contributed by atoms with Crippen LogP contribution >= 0.6 is 0 Å². The third kappa shape index (κ3) is 4.30. The van der Waals surface area contributed by atoms with Gasteiger partial charge in [0.25, 0.3) is 0 Å². The van der Waals surface area contributed by atoms with Gasteiger partial charge in [-0.25, -0.2) is 4.79 Å². The highest BCUT2D eigenvalue weighted by Gasteiger charge is 2.28. The topological polar surface area (TPSA) is 60.8 Å². The van der Waals surface area contributed by atoms with Crippen LogP contribution in [0.15, 0.2) is 22.8 Å². The Morgan fingerprint density at radius 3 is 2.71 bits per heavy atom. The molecule has 3 heterocycles. The fourth-order valence-corrected chi connectivity index (χ4v) is 3.74. The number of hydrogen-bond acceptors (Lipinski definition) is 4. The maximum atomic E-state index is 12.3. The van der Waals surface area contributed by atoms with Crippen molar-refractivity contribution in [2.45, 2.75) is 51.2 Å². The quantitative estimate of drug-likeness (QED) is 0.837. The molecule has 3 rings (SSSR count). The highest BCUT2D eigenvalue weighted by atomic mass is 16.3. The molecule has 2 amide bonds. The van der Waals surface area contributed by atoms with Gasteiger partial charge in [-0.3, -0.25) is 9.80 Å². The normalized spacial score (nSPS) is 23.7. The van der Waals surface area contributed by atoms with Crippen LogP contribution in [0.5, 0.6) is 0 Å². The van der Waals surface area contributed by atoms with Crippen LogP contribution in [0, 0.1) is 0 Å². The number of nitrogens with zero attached hydrogens (tertiary/aromatic N) is 2. The average Bonchev–Trinajstić information content (AvgIpc) is 3.30. The van der Waals surface area contributed by atoms with E-state index in [1.165, 1.54) is 12.8 Å². The summed E-state index contributed by atoms with van der Waals surface area (Å²) in [6, 6.07) is 4.77. The number of hydrogen-bond donors (Lipinski definition) is 2. The molecular formula is C18H30N4O2. The van der Waals surface area contributed by atoms with Crippen molar-refractivity contribution in [2.24, 2.45) is 0 Å². The molecule has 0 saturated carbocycles. The summed E-state index contributed by atoms with van der Waals surface area (Å²) in [5, 5.41) is 6.16. The van der Waals surface area contributed by atoms with Crippen LogP contribution in [0.2, 0.25) is 0 Å². The Hall–Kier alpha value is -1.53. The summed E-state index contributed by atoms with van der Waals surface area (Å²) in [6.07, 6.45) is 5.17. The maximum absolute atomic E-state index is 12.3. The maximum Gasteiger partial charge on any atom is 0.315 e. The summed E-state index contributed by atoms with van der Waals surface area (Å²) in [6.45, 7) is 9.13. The van der Waals surface area contributed by atoms with E-state index in [1.807, 2.05) is 12.1 Å². The van der Waals surface area contributed by atoms with Crippen LogP contribution in [0.1, 0.15) is 44.9 Å². The van der Waals surface area contributed by atoms with Gasteiger partial charge in [-0.1, -0.05) is 0 Å². The van der Waals surface area contributed by atoms with Crippen molar-refractivity contribution < 1.29 is 9.21 Å². The van der Waals surface area contributed by atoms with Crippen LogP contribution in [0.25, 0.3) is 0 Å². The first-order chi connectivity index (χ1) is 11.6. The van der Waals surface area contributed by atoms with E-state index in [-0.39, 0.29) is 18.1 Å². The minimum Gasteiger partial charge on any atom is -0.468 e. The lowest BCUT2D eigenvalue weighted by atomic mass is 10.2. The summed E-state index contributed by atoms with van der Waals surface area (Å²) < 4.78 is 5.59. The molecule has 2 fully saturated rings. The summed E-state index contributed by atoms with van der Waals surface area (Å²) in [7, 11) is 0. The minimum absolute atomic E-state index is 0.0682. The van der Waals surface area contributed by atoms with Gasteiger partial charge in [0.05, 0.1) is 12.3 Å². The molecule has 134 valence electrons. The number of nitrogens with one attached hydrogen (secondary N) is 2. The Bertz CT molecular complexity index is 511. The van der Waals surface area contributed by atoms with E-state index in [0.717, 1.165) is 38.4 Å². The number of urea groups is 1. The van der Waals surface area contributed by atoms with Crippen LogP contribution < -0.4 is 10.6 Å². The second-order valence-corrected chi connectivity index (χ2v) is 7.20. The fourth-order valence-electron chi connectivity index (χ4n) is 3.74. The van der Waals surface area contributed by atoms with Crippen molar-refractivity contribution in [1.29, 1.82) is 0 Å². The van der Waals surface area contributed by atoms with Crippen LogP contribution in [-0.2, 0) is 0 Å². The Labute approximate surface area is 144 Å². The molecule has 0 unspecified atom stereocenters. The predicted molar refractivity (Wildman–Crippen MR) is 93.9 cm³/mol. The number of furan rings is 1. The first kappa shape index (κ1) is 17.3. The number of amides is 2. The molecule has 24 heavy (non-hydrogen) atoms. The average molecular weight is 334 g/mol. The van der Waals surface area contributed by atoms with Gasteiger partial charge in [-0.05, 0) is 58.3 Å². The van der Waals surface area contributed by atoms with Crippen molar-refractivity contribution >= 4 is 6.03 Å². The Morgan fingerprint density at radius 1 is 1.29 bits per heavy atom. The molecule has 2 N–H and O–H groups in total. The third-order valence-electron chi connectivity index (χ3n) is 5.19. The summed E-state index contributed by atoms with van der Waals surface area (Å²) in [4.78, 5) is 17.1. The third-order valence-corrected chi connectivity index (χ3v) is 5.19. The predicted octanol–water partition coefficient (Wildman–Crippen LogP) is 2.20. The number of carbonyl (C=O) groups is 1. The van der Waals surface area contributed by atoms with Gasteiger partial charge in [0.2, 0.25) is 0 Å². The van der Waals surface area contributed by atoms with Crippen molar-refractivity contribution in [3.63, 3.8) is 0 Å². The summed E-state index contributed by atoms with van der Waals surface area (Å²) >= 11 is 0. The van der Waals surface area contributed by atoms with Gasteiger partial charge >= 0.3 is 6.03 Å². The van der Waals surface area contributed by atoms with Gasteiger partial charge in [-0.15, -0.1) is 0 Å². The lowest BCUT2D eigenvalue weighted by Gasteiger charge is -2.26. The molecule has 0 aliphatic carbocycles. The smallest absolute Gasteiger partial charge is 0.315 e. The van der Waals surface area contributed by atoms with Crippen LogP contribution in [-0.4, -0.2) is 60.6 Å². The molecule has 0 spiro atoms. The van der Waals surface area contributed by atoms with Crippen molar-refractivity contribution in [3.05, 3.63) is 24.2 Å². The van der Waals surface area contributed by atoms with Crippen LogP contribution in [0.3, 0.4) is 0 Å². The highest BCUT2D eigenvalue weighted by molar-refractivity contribution is 5.74. The molecule has 2 aliphatic rings. The second-order valence-electron chi connectivity index (χ2n) is 7.20. The lowest BCUT2D eigenvalue weighted by Crippen LogP contribution is -2.46. The molecule has 6 nitrogen and oxygen atoms in total. The number of likely N-dealkylation sites (tertiary alicyclic amines) is 2. The monoisotopic (exact) mass is 334 g/mol. The van der Waals surface area contributed by atoms with Gasteiger partial charge in [0.15, 0.2) is 0 Å². The van der Waals surface area contributed by atoms with E-state index < -0.39 is 0 Å².